The van der Waals surface area contributed by atoms with Crippen molar-refractivity contribution in [2.24, 2.45) is 5.11 Å². The van der Waals surface area contributed by atoms with Crippen molar-refractivity contribution in [3.63, 3.8) is 0 Å². The summed E-state index contributed by atoms with van der Waals surface area (Å²) in [5.74, 6) is 0. The third kappa shape index (κ3) is 1.87. The van der Waals surface area contributed by atoms with E-state index in [9.17, 15) is 0 Å². The molecule has 0 fully saturated rings. The fourth-order valence-electron chi connectivity index (χ4n) is 0.615. The predicted octanol–water partition coefficient (Wildman–Crippen LogP) is 1.53. The van der Waals surface area contributed by atoms with Crippen LogP contribution in [0.5, 0.6) is 0 Å². The second-order valence-corrected chi connectivity index (χ2v) is 1.72. The van der Waals surface area contributed by atoms with E-state index in [1.54, 1.807) is 0 Å². The van der Waals surface area contributed by atoms with Crippen molar-refractivity contribution in [2.75, 3.05) is 6.54 Å². The summed E-state index contributed by atoms with van der Waals surface area (Å²) in [6.45, 7) is 0.406. The lowest BCUT2D eigenvalue weighted by Crippen LogP contribution is -2.07. The molecule has 5 heteroatoms. The highest BCUT2D eigenvalue weighted by Crippen LogP contribution is 2.08. The van der Waals surface area contributed by atoms with Gasteiger partial charge in [0.2, 0.25) is 6.29 Å². The van der Waals surface area contributed by atoms with Crippen molar-refractivity contribution in [3.8, 4) is 0 Å². The maximum Gasteiger partial charge on any atom is 0.239 e. The Kier molecular flexibility index (Phi) is 2.46. The smallest absolute Gasteiger partial charge is 0.239 e. The molecule has 0 aromatic carbocycles. The monoisotopic (exact) mass is 141 g/mol. The molecular weight excluding hydrogens is 134 g/mol. The Labute approximate surface area is 57.9 Å². The molecule has 0 amide bonds. The van der Waals surface area contributed by atoms with Gasteiger partial charge >= 0.3 is 0 Å². The van der Waals surface area contributed by atoms with Crippen LogP contribution in [-0.2, 0) is 9.47 Å². The number of rotatable bonds is 3. The molecule has 0 unspecified atom stereocenters. The summed E-state index contributed by atoms with van der Waals surface area (Å²) in [7, 11) is 0. The second-order valence-electron chi connectivity index (χ2n) is 1.72. The highest BCUT2D eigenvalue weighted by Gasteiger charge is 2.09. The quantitative estimate of drug-likeness (QED) is 0.339. The van der Waals surface area contributed by atoms with E-state index in [0.717, 1.165) is 0 Å². The minimum atomic E-state index is -0.259. The normalized spacial score (nSPS) is 15.6. The lowest BCUT2D eigenvalue weighted by molar-refractivity contribution is -0.0258. The lowest BCUT2D eigenvalue weighted by atomic mass is 10.4. The zero-order valence-corrected chi connectivity index (χ0v) is 5.30. The van der Waals surface area contributed by atoms with E-state index in [2.05, 4.69) is 10.0 Å². The number of hydrogen-bond donors (Lipinski definition) is 0. The Morgan fingerprint density at radius 2 is 2.20 bits per heavy atom. The third-order valence-corrected chi connectivity index (χ3v) is 1.04. The van der Waals surface area contributed by atoms with Crippen LogP contribution < -0.4 is 0 Å². The molecule has 54 valence electrons. The van der Waals surface area contributed by atoms with E-state index >= 15 is 0 Å². The van der Waals surface area contributed by atoms with E-state index in [1.165, 1.54) is 12.5 Å². The molecular formula is C5H7N3O2. The third-order valence-electron chi connectivity index (χ3n) is 1.04. The van der Waals surface area contributed by atoms with Crippen molar-refractivity contribution in [1.29, 1.82) is 0 Å². The van der Waals surface area contributed by atoms with Gasteiger partial charge in [0.25, 0.3) is 0 Å². The minimum absolute atomic E-state index is 0.259. The molecule has 1 aliphatic rings. The van der Waals surface area contributed by atoms with Crippen LogP contribution in [0.25, 0.3) is 10.4 Å². The van der Waals surface area contributed by atoms with Crippen LogP contribution in [0.3, 0.4) is 0 Å². The summed E-state index contributed by atoms with van der Waals surface area (Å²) in [5.41, 5.74) is 7.90. The van der Waals surface area contributed by atoms with Crippen LogP contribution >= 0.6 is 0 Å². The van der Waals surface area contributed by atoms with Gasteiger partial charge in [-0.3, -0.25) is 0 Å². The Hall–Kier alpha value is -1.35. The number of nitrogens with zero attached hydrogens (tertiary/aromatic N) is 3. The Morgan fingerprint density at radius 1 is 1.50 bits per heavy atom. The van der Waals surface area contributed by atoms with E-state index in [4.69, 9.17) is 15.0 Å². The maximum absolute atomic E-state index is 7.90. The molecule has 1 heterocycles. The largest absolute Gasteiger partial charge is 0.459 e. The first-order valence-electron chi connectivity index (χ1n) is 2.90. The molecule has 0 N–H and O–H groups in total. The van der Waals surface area contributed by atoms with Crippen molar-refractivity contribution >= 4 is 0 Å². The minimum Gasteiger partial charge on any atom is -0.459 e. The number of hydrogen-bond acceptors (Lipinski definition) is 3. The van der Waals surface area contributed by atoms with E-state index in [-0.39, 0.29) is 6.29 Å². The lowest BCUT2D eigenvalue weighted by Gasteiger charge is -2.06. The van der Waals surface area contributed by atoms with Gasteiger partial charge in [-0.15, -0.1) is 0 Å². The van der Waals surface area contributed by atoms with Crippen LogP contribution in [0.1, 0.15) is 6.42 Å². The molecule has 10 heavy (non-hydrogen) atoms. The molecule has 0 aromatic heterocycles. The Bertz CT molecular complexity index is 166. The van der Waals surface area contributed by atoms with Gasteiger partial charge in [-0.1, -0.05) is 5.11 Å². The van der Waals surface area contributed by atoms with Crippen molar-refractivity contribution in [3.05, 3.63) is 23.0 Å². The van der Waals surface area contributed by atoms with Crippen LogP contribution in [-0.4, -0.2) is 12.8 Å². The predicted molar refractivity (Wildman–Crippen MR) is 33.7 cm³/mol. The summed E-state index contributed by atoms with van der Waals surface area (Å²) in [5, 5.41) is 3.33. The summed E-state index contributed by atoms with van der Waals surface area (Å²) >= 11 is 0. The summed E-state index contributed by atoms with van der Waals surface area (Å²) in [6.07, 6.45) is 3.28. The Balaban J connectivity index is 2.08. The number of ether oxygens (including phenoxy) is 2. The van der Waals surface area contributed by atoms with Gasteiger partial charge in [0.1, 0.15) is 12.5 Å². The molecule has 0 aliphatic carbocycles. The van der Waals surface area contributed by atoms with Gasteiger partial charge in [-0.05, 0) is 5.53 Å². The zero-order chi connectivity index (χ0) is 7.23. The molecule has 0 spiro atoms. The highest BCUT2D eigenvalue weighted by molar-refractivity contribution is 4.71. The average molecular weight is 141 g/mol. The summed E-state index contributed by atoms with van der Waals surface area (Å²) < 4.78 is 9.83. The maximum atomic E-state index is 7.90. The van der Waals surface area contributed by atoms with Crippen LogP contribution in [0.4, 0.5) is 0 Å². The second kappa shape index (κ2) is 3.63. The highest BCUT2D eigenvalue weighted by atomic mass is 16.7. The van der Waals surface area contributed by atoms with Crippen molar-refractivity contribution in [1.82, 2.24) is 0 Å². The number of azide groups is 1. The first-order chi connectivity index (χ1) is 4.93. The standard InChI is InChI=1S/C5H7N3O2/c6-8-7-2-1-5-9-3-4-10-5/h3-5H,1-2H2. The molecule has 0 saturated carbocycles. The molecule has 0 radical (unpaired) electrons. The van der Waals surface area contributed by atoms with Crippen molar-refractivity contribution < 1.29 is 9.47 Å². The molecule has 0 bridgehead atoms. The average Bonchev–Trinajstić information content (AvgIpc) is 2.41. The van der Waals surface area contributed by atoms with Gasteiger partial charge in [0.15, 0.2) is 0 Å². The van der Waals surface area contributed by atoms with Crippen LogP contribution in [0, 0.1) is 0 Å². The van der Waals surface area contributed by atoms with Gasteiger partial charge in [-0.2, -0.15) is 0 Å². The van der Waals surface area contributed by atoms with Gasteiger partial charge in [0.05, 0.1) is 0 Å². The van der Waals surface area contributed by atoms with Crippen LogP contribution in [0.2, 0.25) is 0 Å². The molecule has 0 atom stereocenters. The first kappa shape index (κ1) is 6.77. The molecule has 1 rings (SSSR count). The SMILES string of the molecule is [N-]=[N+]=NCCC1OC=CO1. The first-order valence-corrected chi connectivity index (χ1v) is 2.90. The van der Waals surface area contributed by atoms with Gasteiger partial charge in [-0.25, -0.2) is 0 Å². The summed E-state index contributed by atoms with van der Waals surface area (Å²) in [6, 6.07) is 0. The zero-order valence-electron chi connectivity index (χ0n) is 5.30. The summed E-state index contributed by atoms with van der Waals surface area (Å²) in [4.78, 5) is 2.59. The molecule has 5 nitrogen and oxygen atoms in total. The molecule has 0 aromatic rings. The molecule has 1 aliphatic heterocycles. The molecule has 0 saturated heterocycles. The van der Waals surface area contributed by atoms with E-state index in [1.807, 2.05) is 0 Å². The Morgan fingerprint density at radius 3 is 2.80 bits per heavy atom. The fourth-order valence-corrected chi connectivity index (χ4v) is 0.615. The van der Waals surface area contributed by atoms with E-state index in [0.29, 0.717) is 13.0 Å². The van der Waals surface area contributed by atoms with Crippen LogP contribution in [0.15, 0.2) is 17.6 Å². The fraction of sp³-hybridized carbons (Fsp3) is 0.600. The van der Waals surface area contributed by atoms with E-state index < -0.39 is 0 Å². The topological polar surface area (TPSA) is 67.2 Å². The van der Waals surface area contributed by atoms with Gasteiger partial charge < -0.3 is 9.47 Å². The van der Waals surface area contributed by atoms with Gasteiger partial charge in [0, 0.05) is 17.9 Å². The van der Waals surface area contributed by atoms with Crippen molar-refractivity contribution in [2.45, 2.75) is 12.7 Å².